The number of thioether (sulfide) groups is 1. The number of benzene rings is 1. The molecule has 0 fully saturated rings. The third-order valence-corrected chi connectivity index (χ3v) is 5.14. The second-order valence-electron chi connectivity index (χ2n) is 5.11. The zero-order valence-corrected chi connectivity index (χ0v) is 15.8. The van der Waals surface area contributed by atoms with Crippen molar-refractivity contribution in [2.24, 2.45) is 5.92 Å². The van der Waals surface area contributed by atoms with Crippen molar-refractivity contribution in [1.82, 2.24) is 9.97 Å². The maximum Gasteiger partial charge on any atom is 0.265 e. The van der Waals surface area contributed by atoms with E-state index in [2.05, 4.69) is 55.7 Å². The van der Waals surface area contributed by atoms with Crippen LogP contribution in [0, 0.1) is 5.92 Å². The minimum Gasteiger partial charge on any atom is -0.309 e. The highest BCUT2D eigenvalue weighted by atomic mass is 79.9. The van der Waals surface area contributed by atoms with Gasteiger partial charge in [0.2, 0.25) is 0 Å². The molecule has 1 aromatic carbocycles. The topological polar surface area (TPSA) is 45.8 Å². The van der Waals surface area contributed by atoms with Crippen LogP contribution in [0.5, 0.6) is 0 Å². The third-order valence-electron chi connectivity index (χ3n) is 2.77. The van der Waals surface area contributed by atoms with E-state index in [1.165, 1.54) is 0 Å². The SMILES string of the molecule is CC(C)Cc1nc(CSc2ccc(Br)cc2)[nH]c(=O)c1Br. The Kier molecular flexibility index (Phi) is 6.08. The smallest absolute Gasteiger partial charge is 0.265 e. The Morgan fingerprint density at radius 2 is 1.90 bits per heavy atom. The molecule has 1 heterocycles. The molecule has 0 spiro atoms. The molecule has 1 aromatic heterocycles. The Balaban J connectivity index is 2.14. The van der Waals surface area contributed by atoms with Crippen LogP contribution in [0.25, 0.3) is 0 Å². The number of hydrogen-bond donors (Lipinski definition) is 1. The van der Waals surface area contributed by atoms with E-state index in [-0.39, 0.29) is 5.56 Å². The number of nitrogens with one attached hydrogen (secondary N) is 1. The quantitative estimate of drug-likeness (QED) is 0.692. The summed E-state index contributed by atoms with van der Waals surface area (Å²) in [5.41, 5.74) is 0.729. The van der Waals surface area contributed by atoms with E-state index in [1.807, 2.05) is 24.3 Å². The fraction of sp³-hybridized carbons (Fsp3) is 0.333. The zero-order valence-electron chi connectivity index (χ0n) is 11.8. The lowest BCUT2D eigenvalue weighted by molar-refractivity contribution is 0.628. The van der Waals surface area contributed by atoms with Gasteiger partial charge in [-0.1, -0.05) is 29.8 Å². The summed E-state index contributed by atoms with van der Waals surface area (Å²) >= 11 is 8.40. The van der Waals surface area contributed by atoms with Gasteiger partial charge in [-0.3, -0.25) is 4.79 Å². The van der Waals surface area contributed by atoms with Gasteiger partial charge < -0.3 is 4.98 Å². The van der Waals surface area contributed by atoms with Gasteiger partial charge in [-0.05, 0) is 52.5 Å². The van der Waals surface area contributed by atoms with E-state index >= 15 is 0 Å². The van der Waals surface area contributed by atoms with Crippen LogP contribution in [-0.2, 0) is 12.2 Å². The van der Waals surface area contributed by atoms with Crippen LogP contribution in [0.2, 0.25) is 0 Å². The van der Waals surface area contributed by atoms with Gasteiger partial charge in [0.05, 0.1) is 11.4 Å². The van der Waals surface area contributed by atoms with E-state index in [1.54, 1.807) is 11.8 Å². The maximum atomic E-state index is 11.9. The number of hydrogen-bond acceptors (Lipinski definition) is 3. The number of aromatic amines is 1. The van der Waals surface area contributed by atoms with Crippen molar-refractivity contribution in [2.75, 3.05) is 0 Å². The van der Waals surface area contributed by atoms with Crippen LogP contribution < -0.4 is 5.56 Å². The summed E-state index contributed by atoms with van der Waals surface area (Å²) in [5, 5.41) is 0. The molecule has 1 N–H and O–H groups in total. The summed E-state index contributed by atoms with van der Waals surface area (Å²) in [6.45, 7) is 4.23. The average molecular weight is 432 g/mol. The molecule has 0 atom stereocenters. The standard InChI is InChI=1S/C15H16Br2N2OS/c1-9(2)7-12-14(17)15(20)19-13(18-12)8-21-11-5-3-10(16)4-6-11/h3-6,9H,7-8H2,1-2H3,(H,18,19,20). The molecule has 21 heavy (non-hydrogen) atoms. The van der Waals surface area contributed by atoms with Crippen LogP contribution in [0.3, 0.4) is 0 Å². The van der Waals surface area contributed by atoms with Gasteiger partial charge in [0, 0.05) is 9.37 Å². The lowest BCUT2D eigenvalue weighted by Crippen LogP contribution is -2.16. The average Bonchev–Trinajstić information content (AvgIpc) is 2.43. The maximum absolute atomic E-state index is 11.9. The van der Waals surface area contributed by atoms with E-state index in [0.717, 1.165) is 21.5 Å². The van der Waals surface area contributed by atoms with Gasteiger partial charge >= 0.3 is 0 Å². The molecule has 0 saturated heterocycles. The summed E-state index contributed by atoms with van der Waals surface area (Å²) in [5.74, 6) is 1.82. The molecule has 0 amide bonds. The first-order valence-electron chi connectivity index (χ1n) is 6.61. The molecule has 112 valence electrons. The minimum absolute atomic E-state index is 0.105. The molecule has 0 radical (unpaired) electrons. The first-order valence-corrected chi connectivity index (χ1v) is 9.19. The fourth-order valence-corrected chi connectivity index (χ4v) is 3.21. The molecule has 2 rings (SSSR count). The Bertz CT molecular complexity index is 668. The van der Waals surface area contributed by atoms with Crippen molar-refractivity contribution in [3.63, 3.8) is 0 Å². The molecular weight excluding hydrogens is 416 g/mol. The third kappa shape index (κ3) is 4.97. The fourth-order valence-electron chi connectivity index (χ4n) is 1.83. The Hall–Kier alpha value is -0.590. The summed E-state index contributed by atoms with van der Waals surface area (Å²) in [4.78, 5) is 20.5. The second-order valence-corrected chi connectivity index (χ2v) is 7.87. The summed E-state index contributed by atoms with van der Waals surface area (Å²) < 4.78 is 1.61. The molecule has 0 aliphatic carbocycles. The monoisotopic (exact) mass is 430 g/mol. The normalized spacial score (nSPS) is 11.1. The number of H-pyrrole nitrogens is 1. The van der Waals surface area contributed by atoms with Gasteiger partial charge in [-0.25, -0.2) is 4.98 Å². The molecular formula is C15H16Br2N2OS. The molecule has 0 unspecified atom stereocenters. The number of aromatic nitrogens is 2. The van der Waals surface area contributed by atoms with Crippen LogP contribution in [0.4, 0.5) is 0 Å². The van der Waals surface area contributed by atoms with Gasteiger partial charge in [0.15, 0.2) is 0 Å². The van der Waals surface area contributed by atoms with Crippen molar-refractivity contribution in [3.05, 3.63) is 55.1 Å². The Morgan fingerprint density at radius 1 is 1.24 bits per heavy atom. The van der Waals surface area contributed by atoms with E-state index in [4.69, 9.17) is 0 Å². The number of halogens is 2. The molecule has 3 nitrogen and oxygen atoms in total. The van der Waals surface area contributed by atoms with Gasteiger partial charge in [-0.15, -0.1) is 11.8 Å². The van der Waals surface area contributed by atoms with E-state index in [0.29, 0.717) is 22.0 Å². The van der Waals surface area contributed by atoms with Crippen molar-refractivity contribution in [1.29, 1.82) is 0 Å². The van der Waals surface area contributed by atoms with E-state index < -0.39 is 0 Å². The largest absolute Gasteiger partial charge is 0.309 e. The summed E-state index contributed by atoms with van der Waals surface area (Å²) in [6, 6.07) is 8.09. The highest BCUT2D eigenvalue weighted by Gasteiger charge is 2.11. The zero-order chi connectivity index (χ0) is 15.4. The first kappa shape index (κ1) is 16.8. The van der Waals surface area contributed by atoms with Crippen molar-refractivity contribution in [3.8, 4) is 0 Å². The summed E-state index contributed by atoms with van der Waals surface area (Å²) in [6.07, 6.45) is 0.792. The minimum atomic E-state index is -0.105. The highest BCUT2D eigenvalue weighted by Crippen LogP contribution is 2.23. The Labute approximate surface area is 145 Å². The van der Waals surface area contributed by atoms with Crippen LogP contribution >= 0.6 is 43.6 Å². The van der Waals surface area contributed by atoms with Crippen LogP contribution in [0.15, 0.2) is 42.9 Å². The number of nitrogens with zero attached hydrogens (tertiary/aromatic N) is 1. The van der Waals surface area contributed by atoms with Gasteiger partial charge in [-0.2, -0.15) is 0 Å². The Morgan fingerprint density at radius 3 is 2.52 bits per heavy atom. The lowest BCUT2D eigenvalue weighted by atomic mass is 10.1. The van der Waals surface area contributed by atoms with Gasteiger partial charge in [0.25, 0.3) is 5.56 Å². The molecule has 0 bridgehead atoms. The van der Waals surface area contributed by atoms with E-state index in [9.17, 15) is 4.79 Å². The van der Waals surface area contributed by atoms with Crippen molar-refractivity contribution < 1.29 is 0 Å². The number of rotatable bonds is 5. The summed E-state index contributed by atoms with van der Waals surface area (Å²) in [7, 11) is 0. The first-order chi connectivity index (χ1) is 9.95. The molecule has 0 aliphatic heterocycles. The van der Waals surface area contributed by atoms with Crippen LogP contribution in [-0.4, -0.2) is 9.97 Å². The molecule has 0 saturated carbocycles. The molecule has 6 heteroatoms. The van der Waals surface area contributed by atoms with Gasteiger partial charge in [0.1, 0.15) is 10.3 Å². The van der Waals surface area contributed by atoms with Crippen LogP contribution in [0.1, 0.15) is 25.4 Å². The van der Waals surface area contributed by atoms with Crippen molar-refractivity contribution in [2.45, 2.75) is 30.9 Å². The highest BCUT2D eigenvalue weighted by molar-refractivity contribution is 9.10. The second kappa shape index (κ2) is 7.61. The molecule has 0 aliphatic rings. The lowest BCUT2D eigenvalue weighted by Gasteiger charge is -2.08. The predicted octanol–water partition coefficient (Wildman–Crippen LogP) is 4.79. The van der Waals surface area contributed by atoms with Crippen molar-refractivity contribution >= 4 is 43.6 Å². The predicted molar refractivity (Wildman–Crippen MR) is 94.8 cm³/mol. The molecule has 2 aromatic rings.